The van der Waals surface area contributed by atoms with Crippen molar-refractivity contribution in [3.63, 3.8) is 0 Å². The number of fused-ring (bicyclic) bond motifs is 1. The molecule has 0 saturated carbocycles. The van der Waals surface area contributed by atoms with E-state index in [1.807, 2.05) is 13.0 Å². The van der Waals surface area contributed by atoms with Gasteiger partial charge in [0, 0.05) is 25.0 Å². The van der Waals surface area contributed by atoms with Crippen molar-refractivity contribution >= 4 is 32.6 Å². The number of benzene rings is 1. The van der Waals surface area contributed by atoms with Crippen molar-refractivity contribution in [1.29, 1.82) is 0 Å². The lowest BCUT2D eigenvalue weighted by Crippen LogP contribution is -2.32. The maximum Gasteiger partial charge on any atom is 0.278 e. The zero-order chi connectivity index (χ0) is 19.7. The molecule has 4 aromatic rings. The Kier molecular flexibility index (Phi) is 4.82. The van der Waals surface area contributed by atoms with Crippen molar-refractivity contribution in [3.05, 3.63) is 71.8 Å². The lowest BCUT2D eigenvalue weighted by atomic mass is 10.3. The van der Waals surface area contributed by atoms with Gasteiger partial charge in [0.2, 0.25) is 0 Å². The van der Waals surface area contributed by atoms with Crippen LogP contribution in [0.15, 0.2) is 48.8 Å². The predicted octanol–water partition coefficient (Wildman–Crippen LogP) is 4.03. The Morgan fingerprint density at radius 3 is 2.82 bits per heavy atom. The number of thiazole rings is 1. The highest BCUT2D eigenvalue weighted by atomic mass is 32.1. The molecule has 0 aliphatic heterocycles. The first-order chi connectivity index (χ1) is 13.6. The van der Waals surface area contributed by atoms with Gasteiger partial charge in [-0.15, -0.1) is 0 Å². The predicted molar refractivity (Wildman–Crippen MR) is 102 cm³/mol. The Bertz CT molecular complexity index is 1140. The number of carbonyl (C=O) groups is 1. The second-order valence-corrected chi connectivity index (χ2v) is 6.98. The molecule has 4 rings (SSSR count). The molecule has 0 aliphatic carbocycles. The lowest BCUT2D eigenvalue weighted by molar-refractivity contribution is 0.0974. The molecule has 3 aromatic heterocycles. The molecule has 28 heavy (non-hydrogen) atoms. The third kappa shape index (κ3) is 3.36. The van der Waals surface area contributed by atoms with Gasteiger partial charge >= 0.3 is 0 Å². The average Bonchev–Trinajstić information content (AvgIpc) is 3.33. The van der Waals surface area contributed by atoms with Crippen LogP contribution < -0.4 is 4.90 Å². The van der Waals surface area contributed by atoms with E-state index in [4.69, 9.17) is 0 Å². The minimum Gasteiger partial charge on any atom is -0.277 e. The number of nitrogens with zero attached hydrogens (tertiary/aromatic N) is 5. The first kappa shape index (κ1) is 18.2. The standard InChI is InChI=1S/C19H15F2N5OS/c1-2-26-15(6-8-23-26)18(27)25(11-13-5-3-4-7-22-13)19-24-17-14(21)9-12(20)10-16(17)28-19/h3-10H,2,11H2,1H3. The van der Waals surface area contributed by atoms with Crippen LogP contribution in [-0.4, -0.2) is 25.7 Å². The molecule has 0 N–H and O–H groups in total. The molecule has 6 nitrogen and oxygen atoms in total. The smallest absolute Gasteiger partial charge is 0.277 e. The average molecular weight is 399 g/mol. The number of aromatic nitrogens is 4. The Hall–Kier alpha value is -3.20. The fraction of sp³-hybridized carbons (Fsp3) is 0.158. The molecule has 0 saturated heterocycles. The van der Waals surface area contributed by atoms with Crippen LogP contribution in [0, 0.1) is 11.6 Å². The highest BCUT2D eigenvalue weighted by Crippen LogP contribution is 2.32. The summed E-state index contributed by atoms with van der Waals surface area (Å²) >= 11 is 1.05. The molecule has 9 heteroatoms. The number of hydrogen-bond donors (Lipinski definition) is 0. The van der Waals surface area contributed by atoms with Crippen LogP contribution in [0.25, 0.3) is 10.2 Å². The van der Waals surface area contributed by atoms with Crippen LogP contribution in [0.5, 0.6) is 0 Å². The third-order valence-electron chi connectivity index (χ3n) is 4.16. The van der Waals surface area contributed by atoms with E-state index in [0.29, 0.717) is 22.6 Å². The van der Waals surface area contributed by atoms with Crippen molar-refractivity contribution < 1.29 is 13.6 Å². The minimum absolute atomic E-state index is 0.0317. The molecule has 142 valence electrons. The number of halogens is 2. The summed E-state index contributed by atoms with van der Waals surface area (Å²) in [5.41, 5.74) is 1.05. The maximum absolute atomic E-state index is 14.1. The van der Waals surface area contributed by atoms with Crippen molar-refractivity contribution in [2.24, 2.45) is 0 Å². The van der Waals surface area contributed by atoms with Crippen molar-refractivity contribution in [2.75, 3.05) is 4.90 Å². The molecule has 0 fully saturated rings. The summed E-state index contributed by atoms with van der Waals surface area (Å²) in [5.74, 6) is -1.79. The van der Waals surface area contributed by atoms with E-state index < -0.39 is 11.6 Å². The minimum atomic E-state index is -0.763. The van der Waals surface area contributed by atoms with Crippen LogP contribution in [0.1, 0.15) is 23.1 Å². The normalized spacial score (nSPS) is 11.1. The molecule has 0 spiro atoms. The lowest BCUT2D eigenvalue weighted by Gasteiger charge is -2.19. The molecular weight excluding hydrogens is 384 g/mol. The van der Waals surface area contributed by atoms with Gasteiger partial charge in [0.25, 0.3) is 5.91 Å². The number of anilines is 1. The summed E-state index contributed by atoms with van der Waals surface area (Å²) in [4.78, 5) is 23.2. The summed E-state index contributed by atoms with van der Waals surface area (Å²) in [5, 5.41) is 4.40. The Labute approximate surface area is 163 Å². The quantitative estimate of drug-likeness (QED) is 0.508. The number of amides is 1. The van der Waals surface area contributed by atoms with Gasteiger partial charge in [0.05, 0.1) is 16.9 Å². The van der Waals surface area contributed by atoms with Gasteiger partial charge in [-0.25, -0.2) is 13.8 Å². The molecule has 0 atom stereocenters. The summed E-state index contributed by atoms with van der Waals surface area (Å²) in [6, 6.07) is 8.98. The largest absolute Gasteiger partial charge is 0.278 e. The molecule has 1 aromatic carbocycles. The zero-order valence-electron chi connectivity index (χ0n) is 14.8. The van der Waals surface area contributed by atoms with E-state index in [1.165, 1.54) is 11.0 Å². The molecular formula is C19H15F2N5OS. The molecule has 3 heterocycles. The van der Waals surface area contributed by atoms with E-state index >= 15 is 0 Å². The number of hydrogen-bond acceptors (Lipinski definition) is 5. The second kappa shape index (κ2) is 7.43. The van der Waals surface area contributed by atoms with Crippen LogP contribution >= 0.6 is 11.3 Å². The molecule has 0 aliphatic rings. The van der Waals surface area contributed by atoms with Crippen LogP contribution in [-0.2, 0) is 13.1 Å². The first-order valence-electron chi connectivity index (χ1n) is 8.56. The summed E-state index contributed by atoms with van der Waals surface area (Å²) in [6.07, 6.45) is 3.17. The second-order valence-electron chi connectivity index (χ2n) is 5.98. The van der Waals surface area contributed by atoms with E-state index in [2.05, 4.69) is 15.1 Å². The SMILES string of the molecule is CCn1nccc1C(=O)N(Cc1ccccn1)c1nc2c(F)cc(F)cc2s1. The van der Waals surface area contributed by atoms with Gasteiger partial charge in [0.15, 0.2) is 10.9 Å². The van der Waals surface area contributed by atoms with Crippen LogP contribution in [0.3, 0.4) is 0 Å². The van der Waals surface area contributed by atoms with Crippen molar-refractivity contribution in [2.45, 2.75) is 20.0 Å². The van der Waals surface area contributed by atoms with Gasteiger partial charge in [-0.05, 0) is 31.2 Å². The number of pyridine rings is 1. The maximum atomic E-state index is 14.1. The van der Waals surface area contributed by atoms with Gasteiger partial charge in [-0.3, -0.25) is 19.4 Å². The molecule has 1 amide bonds. The van der Waals surface area contributed by atoms with Crippen molar-refractivity contribution in [1.82, 2.24) is 19.7 Å². The van der Waals surface area contributed by atoms with E-state index in [-0.39, 0.29) is 23.1 Å². The Morgan fingerprint density at radius 1 is 1.21 bits per heavy atom. The Balaban J connectivity index is 1.81. The highest BCUT2D eigenvalue weighted by Gasteiger charge is 2.25. The Morgan fingerprint density at radius 2 is 2.07 bits per heavy atom. The van der Waals surface area contributed by atoms with E-state index in [0.717, 1.165) is 17.4 Å². The van der Waals surface area contributed by atoms with Gasteiger partial charge in [0.1, 0.15) is 17.0 Å². The topological polar surface area (TPSA) is 63.9 Å². The fourth-order valence-corrected chi connectivity index (χ4v) is 3.85. The first-order valence-corrected chi connectivity index (χ1v) is 9.37. The molecule has 0 bridgehead atoms. The van der Waals surface area contributed by atoms with Gasteiger partial charge in [-0.2, -0.15) is 5.10 Å². The van der Waals surface area contributed by atoms with Crippen LogP contribution in [0.4, 0.5) is 13.9 Å². The number of carbonyl (C=O) groups excluding carboxylic acids is 1. The summed E-state index contributed by atoms with van der Waals surface area (Å²) in [7, 11) is 0. The van der Waals surface area contributed by atoms with Crippen LogP contribution in [0.2, 0.25) is 0 Å². The van der Waals surface area contributed by atoms with E-state index in [1.54, 1.807) is 35.3 Å². The van der Waals surface area contributed by atoms with Crippen molar-refractivity contribution in [3.8, 4) is 0 Å². The van der Waals surface area contributed by atoms with Gasteiger partial charge in [-0.1, -0.05) is 17.4 Å². The summed E-state index contributed by atoms with van der Waals surface area (Å²) in [6.45, 7) is 2.53. The fourth-order valence-electron chi connectivity index (χ4n) is 2.85. The molecule has 0 radical (unpaired) electrons. The molecule has 0 unspecified atom stereocenters. The highest BCUT2D eigenvalue weighted by molar-refractivity contribution is 7.22. The monoisotopic (exact) mass is 399 g/mol. The third-order valence-corrected chi connectivity index (χ3v) is 5.18. The summed E-state index contributed by atoms with van der Waals surface area (Å²) < 4.78 is 29.6. The zero-order valence-corrected chi connectivity index (χ0v) is 15.7. The van der Waals surface area contributed by atoms with Gasteiger partial charge < -0.3 is 0 Å². The number of aryl methyl sites for hydroxylation is 1. The van der Waals surface area contributed by atoms with E-state index in [9.17, 15) is 13.6 Å². The number of rotatable bonds is 5.